The number of anilines is 1. The van der Waals surface area contributed by atoms with Crippen LogP contribution in [0.25, 0.3) is 5.70 Å². The second-order valence-corrected chi connectivity index (χ2v) is 7.00. The molecule has 0 atom stereocenters. The molecule has 0 bridgehead atoms. The second-order valence-electron chi connectivity index (χ2n) is 6.59. The van der Waals surface area contributed by atoms with Gasteiger partial charge in [-0.15, -0.1) is 0 Å². The normalized spacial score (nSPS) is 11.5. The van der Waals surface area contributed by atoms with Crippen LogP contribution in [-0.4, -0.2) is 30.5 Å². The van der Waals surface area contributed by atoms with Crippen molar-refractivity contribution in [3.63, 3.8) is 0 Å². The Bertz CT molecular complexity index is 1170. The molecule has 0 aliphatic rings. The van der Waals surface area contributed by atoms with Gasteiger partial charge < -0.3 is 24.2 Å². The van der Waals surface area contributed by atoms with E-state index in [0.717, 1.165) is 5.69 Å². The standard InChI is InChI=1S/C22H21ClFN3O4/c1-12-10-16(21(25)27(12)11-14-6-5-9-31-14)19(22(28)30-4)26-13(2)15-7-8-17(23)20(29-3)18(15)24/h5-10H,2,11,25H2,1,3-4H3. The molecule has 0 aliphatic carbocycles. The zero-order valence-corrected chi connectivity index (χ0v) is 18.0. The van der Waals surface area contributed by atoms with Gasteiger partial charge in [-0.2, -0.15) is 0 Å². The van der Waals surface area contributed by atoms with Gasteiger partial charge in [0.2, 0.25) is 0 Å². The van der Waals surface area contributed by atoms with E-state index in [0.29, 0.717) is 17.9 Å². The van der Waals surface area contributed by atoms with E-state index in [2.05, 4.69) is 11.6 Å². The van der Waals surface area contributed by atoms with E-state index in [-0.39, 0.29) is 33.6 Å². The third kappa shape index (κ3) is 4.34. The first-order valence-corrected chi connectivity index (χ1v) is 9.52. The van der Waals surface area contributed by atoms with E-state index in [1.54, 1.807) is 23.0 Å². The van der Waals surface area contributed by atoms with Crippen molar-refractivity contribution in [2.24, 2.45) is 4.99 Å². The highest BCUT2D eigenvalue weighted by atomic mass is 35.5. The SMILES string of the molecule is C=C(N=C(C(=O)OC)c1cc(C)n(Cc2ccco2)c1N)c1ccc(Cl)c(OC)c1F. The molecule has 9 heteroatoms. The zero-order chi connectivity index (χ0) is 22.7. The van der Waals surface area contributed by atoms with Crippen molar-refractivity contribution >= 4 is 34.8 Å². The van der Waals surface area contributed by atoms with Crippen molar-refractivity contribution in [3.05, 3.63) is 76.6 Å². The topological polar surface area (TPSA) is 92.0 Å². The molecule has 0 radical (unpaired) electrons. The van der Waals surface area contributed by atoms with Crippen LogP contribution in [0.2, 0.25) is 5.02 Å². The molecule has 0 amide bonds. The van der Waals surface area contributed by atoms with Crippen molar-refractivity contribution in [3.8, 4) is 5.75 Å². The molecule has 0 unspecified atom stereocenters. The van der Waals surface area contributed by atoms with Crippen LogP contribution in [0.3, 0.4) is 0 Å². The van der Waals surface area contributed by atoms with Crippen LogP contribution >= 0.6 is 11.6 Å². The molecule has 0 spiro atoms. The average Bonchev–Trinajstić information content (AvgIpc) is 3.35. The van der Waals surface area contributed by atoms with Crippen LogP contribution in [0.4, 0.5) is 10.2 Å². The number of methoxy groups -OCH3 is 2. The summed E-state index contributed by atoms with van der Waals surface area (Å²) in [6, 6.07) is 8.13. The maximum Gasteiger partial charge on any atom is 0.357 e. The fourth-order valence-electron chi connectivity index (χ4n) is 3.10. The van der Waals surface area contributed by atoms with Gasteiger partial charge in [-0.05, 0) is 37.3 Å². The molecule has 7 nitrogen and oxygen atoms in total. The van der Waals surface area contributed by atoms with Gasteiger partial charge in [0.25, 0.3) is 0 Å². The number of aliphatic imine (C=N–C) groups is 1. The van der Waals surface area contributed by atoms with Crippen LogP contribution in [0.1, 0.15) is 22.6 Å². The molecule has 0 saturated heterocycles. The minimum Gasteiger partial charge on any atom is -0.492 e. The average molecular weight is 446 g/mol. The lowest BCUT2D eigenvalue weighted by Crippen LogP contribution is -2.19. The van der Waals surface area contributed by atoms with Gasteiger partial charge in [-0.3, -0.25) is 0 Å². The van der Waals surface area contributed by atoms with E-state index in [4.69, 9.17) is 31.2 Å². The van der Waals surface area contributed by atoms with Gasteiger partial charge in [-0.25, -0.2) is 14.2 Å². The molecule has 0 aliphatic heterocycles. The fraction of sp³-hybridized carbons (Fsp3) is 0.182. The number of nitrogens with zero attached hydrogens (tertiary/aromatic N) is 2. The Hall–Kier alpha value is -3.52. The number of carbonyl (C=O) groups is 1. The van der Waals surface area contributed by atoms with Gasteiger partial charge in [0.15, 0.2) is 17.3 Å². The highest BCUT2D eigenvalue weighted by molar-refractivity contribution is 6.45. The van der Waals surface area contributed by atoms with E-state index < -0.39 is 11.8 Å². The van der Waals surface area contributed by atoms with Crippen LogP contribution in [0.5, 0.6) is 5.75 Å². The molecule has 2 aromatic heterocycles. The second kappa shape index (κ2) is 9.09. The van der Waals surface area contributed by atoms with E-state index >= 15 is 0 Å². The molecule has 2 N–H and O–H groups in total. The Morgan fingerprint density at radius 2 is 2.06 bits per heavy atom. The quantitative estimate of drug-likeness (QED) is 0.428. The lowest BCUT2D eigenvalue weighted by atomic mass is 10.1. The first-order chi connectivity index (χ1) is 14.8. The summed E-state index contributed by atoms with van der Waals surface area (Å²) in [7, 11) is 2.51. The van der Waals surface area contributed by atoms with Crippen molar-refractivity contribution in [1.29, 1.82) is 0 Å². The van der Waals surface area contributed by atoms with E-state index in [1.165, 1.54) is 26.4 Å². The summed E-state index contributed by atoms with van der Waals surface area (Å²) < 4.78 is 31.8. The third-order valence-corrected chi connectivity index (χ3v) is 4.98. The van der Waals surface area contributed by atoms with Gasteiger partial charge >= 0.3 is 5.97 Å². The minimum atomic E-state index is -0.746. The Morgan fingerprint density at radius 3 is 2.68 bits per heavy atom. The van der Waals surface area contributed by atoms with Gasteiger partial charge in [0, 0.05) is 16.8 Å². The molecule has 3 aromatic rings. The van der Waals surface area contributed by atoms with E-state index in [9.17, 15) is 9.18 Å². The molecular weight excluding hydrogens is 425 g/mol. The van der Waals surface area contributed by atoms with Crippen molar-refractivity contribution in [2.75, 3.05) is 20.0 Å². The maximum absolute atomic E-state index is 14.8. The minimum absolute atomic E-state index is 0.0213. The number of hydrogen-bond acceptors (Lipinski definition) is 6. The molecule has 1 aromatic carbocycles. The molecule has 31 heavy (non-hydrogen) atoms. The number of benzene rings is 1. The predicted octanol–water partition coefficient (Wildman–Crippen LogP) is 4.45. The molecular formula is C22H21ClFN3O4. The van der Waals surface area contributed by atoms with Crippen molar-refractivity contribution in [1.82, 2.24) is 4.57 Å². The van der Waals surface area contributed by atoms with Crippen LogP contribution < -0.4 is 10.5 Å². The molecule has 2 heterocycles. The first kappa shape index (κ1) is 22.2. The number of aryl methyl sites for hydroxylation is 1. The fourth-order valence-corrected chi connectivity index (χ4v) is 3.33. The number of hydrogen-bond donors (Lipinski definition) is 1. The third-order valence-electron chi connectivity index (χ3n) is 4.68. The Morgan fingerprint density at radius 1 is 1.32 bits per heavy atom. The molecule has 3 rings (SSSR count). The first-order valence-electron chi connectivity index (χ1n) is 9.15. The maximum atomic E-state index is 14.8. The summed E-state index contributed by atoms with van der Waals surface area (Å²) in [4.78, 5) is 16.8. The number of nitrogen functional groups attached to an aromatic ring is 1. The summed E-state index contributed by atoms with van der Waals surface area (Å²) in [6.07, 6.45) is 1.56. The Balaban J connectivity index is 2.07. The summed E-state index contributed by atoms with van der Waals surface area (Å²) >= 11 is 5.95. The smallest absolute Gasteiger partial charge is 0.357 e. The van der Waals surface area contributed by atoms with Crippen molar-refractivity contribution < 1.29 is 23.1 Å². The molecule has 0 saturated carbocycles. The highest BCUT2D eigenvalue weighted by Crippen LogP contribution is 2.33. The van der Waals surface area contributed by atoms with Gasteiger partial charge in [-0.1, -0.05) is 18.2 Å². The number of nitrogens with two attached hydrogens (primary N) is 1. The number of carbonyl (C=O) groups excluding carboxylic acids is 1. The summed E-state index contributed by atoms with van der Waals surface area (Å²) in [6.45, 7) is 5.99. The van der Waals surface area contributed by atoms with Gasteiger partial charge in [0.1, 0.15) is 11.6 Å². The number of esters is 1. The molecule has 162 valence electrons. The predicted molar refractivity (Wildman–Crippen MR) is 117 cm³/mol. The summed E-state index contributed by atoms with van der Waals surface area (Å²) in [5.41, 5.74) is 7.30. The number of rotatable bonds is 7. The Kier molecular flexibility index (Phi) is 6.50. The lowest BCUT2D eigenvalue weighted by molar-refractivity contribution is -0.132. The summed E-state index contributed by atoms with van der Waals surface area (Å²) in [5.74, 6) is -0.666. The monoisotopic (exact) mass is 445 g/mol. The lowest BCUT2D eigenvalue weighted by Gasteiger charge is -2.11. The van der Waals surface area contributed by atoms with Crippen LogP contribution in [0.15, 0.2) is 52.6 Å². The van der Waals surface area contributed by atoms with Crippen LogP contribution in [-0.2, 0) is 16.1 Å². The zero-order valence-electron chi connectivity index (χ0n) is 17.2. The highest BCUT2D eigenvalue weighted by Gasteiger charge is 2.24. The number of halogens is 2. The summed E-state index contributed by atoms with van der Waals surface area (Å²) in [5, 5.41) is 0.101. The molecule has 0 fully saturated rings. The number of furan rings is 1. The van der Waals surface area contributed by atoms with Crippen molar-refractivity contribution in [2.45, 2.75) is 13.5 Å². The van der Waals surface area contributed by atoms with E-state index in [1.807, 2.05) is 13.0 Å². The Labute approximate surface area is 183 Å². The largest absolute Gasteiger partial charge is 0.492 e. The van der Waals surface area contributed by atoms with Crippen LogP contribution in [0, 0.1) is 12.7 Å². The number of ether oxygens (including phenoxy) is 2. The number of aromatic nitrogens is 1. The van der Waals surface area contributed by atoms with Gasteiger partial charge in [0.05, 0.1) is 37.7 Å².